The Balaban J connectivity index is 2.09. The van der Waals surface area contributed by atoms with E-state index in [2.05, 4.69) is 22.6 Å². The summed E-state index contributed by atoms with van der Waals surface area (Å²) in [6.45, 7) is 6.12. The minimum Gasteiger partial charge on any atom is -0.409 e. The van der Waals surface area contributed by atoms with Crippen molar-refractivity contribution in [3.63, 3.8) is 0 Å². The summed E-state index contributed by atoms with van der Waals surface area (Å²) >= 11 is 0. The zero-order valence-corrected chi connectivity index (χ0v) is 11.7. The van der Waals surface area contributed by atoms with Crippen LogP contribution in [0.15, 0.2) is 17.3 Å². The van der Waals surface area contributed by atoms with Gasteiger partial charge in [0.2, 0.25) is 0 Å². The summed E-state index contributed by atoms with van der Waals surface area (Å²) in [4.78, 5) is 0. The molecule has 0 amide bonds. The third kappa shape index (κ3) is 5.08. The Labute approximate surface area is 110 Å². The van der Waals surface area contributed by atoms with Crippen LogP contribution < -0.4 is 11.1 Å². The van der Waals surface area contributed by atoms with Crippen LogP contribution in [0.4, 0.5) is 0 Å². The van der Waals surface area contributed by atoms with Crippen LogP contribution in [0.3, 0.4) is 0 Å². The van der Waals surface area contributed by atoms with Crippen molar-refractivity contribution < 1.29 is 5.21 Å². The summed E-state index contributed by atoms with van der Waals surface area (Å²) in [7, 11) is 0. The molecule has 1 atom stereocenters. The smallest absolute Gasteiger partial charge is 0.144 e. The topological polar surface area (TPSA) is 70.6 Å². The number of nitrogens with zero attached hydrogens (tertiary/aromatic N) is 1. The summed E-state index contributed by atoms with van der Waals surface area (Å²) in [5.41, 5.74) is 5.44. The predicted molar refractivity (Wildman–Crippen MR) is 75.8 cm³/mol. The van der Waals surface area contributed by atoms with E-state index < -0.39 is 0 Å². The molecule has 1 rings (SSSR count). The number of nitrogens with one attached hydrogen (secondary N) is 1. The van der Waals surface area contributed by atoms with Gasteiger partial charge in [-0.25, -0.2) is 0 Å². The molecule has 0 fully saturated rings. The van der Waals surface area contributed by atoms with Gasteiger partial charge in [0.1, 0.15) is 5.84 Å². The molecule has 0 aliphatic heterocycles. The van der Waals surface area contributed by atoms with Crippen molar-refractivity contribution in [1.29, 1.82) is 0 Å². The van der Waals surface area contributed by atoms with E-state index >= 15 is 0 Å². The number of nitrogens with two attached hydrogens (primary N) is 1. The summed E-state index contributed by atoms with van der Waals surface area (Å²) in [5.74, 6) is 1.12. The number of allylic oxidation sites excluding steroid dienone is 2. The maximum absolute atomic E-state index is 8.68. The Morgan fingerprint density at radius 3 is 2.89 bits per heavy atom. The predicted octanol–water partition coefficient (Wildman–Crippen LogP) is 2.49. The Bertz CT molecular complexity index is 297. The van der Waals surface area contributed by atoms with Crippen molar-refractivity contribution in [2.75, 3.05) is 13.1 Å². The maximum Gasteiger partial charge on any atom is 0.144 e. The summed E-state index contributed by atoms with van der Waals surface area (Å²) in [5, 5.41) is 15.3. The molecule has 0 aromatic carbocycles. The van der Waals surface area contributed by atoms with E-state index in [1.54, 1.807) is 0 Å². The molecule has 0 bridgehead atoms. The third-order valence-electron chi connectivity index (χ3n) is 3.77. The van der Waals surface area contributed by atoms with Crippen LogP contribution in [0.2, 0.25) is 0 Å². The van der Waals surface area contributed by atoms with Crippen molar-refractivity contribution >= 4 is 5.84 Å². The first kappa shape index (κ1) is 15.0. The molecule has 1 aliphatic carbocycles. The van der Waals surface area contributed by atoms with Crippen LogP contribution in [-0.4, -0.2) is 24.1 Å². The second kappa shape index (κ2) is 7.41. The molecule has 4 nitrogen and oxygen atoms in total. The van der Waals surface area contributed by atoms with Crippen LogP contribution in [0, 0.1) is 11.3 Å². The maximum atomic E-state index is 8.68. The molecule has 4 heteroatoms. The molecule has 0 aromatic heterocycles. The van der Waals surface area contributed by atoms with Crippen molar-refractivity contribution in [2.24, 2.45) is 22.2 Å². The summed E-state index contributed by atoms with van der Waals surface area (Å²) in [6.07, 6.45) is 10.3. The largest absolute Gasteiger partial charge is 0.409 e. The van der Waals surface area contributed by atoms with Crippen LogP contribution in [0.1, 0.15) is 46.0 Å². The van der Waals surface area contributed by atoms with Gasteiger partial charge in [-0.2, -0.15) is 0 Å². The van der Waals surface area contributed by atoms with Gasteiger partial charge in [0.15, 0.2) is 0 Å². The van der Waals surface area contributed by atoms with Crippen molar-refractivity contribution in [2.45, 2.75) is 46.0 Å². The Hall–Kier alpha value is -1.03. The lowest BCUT2D eigenvalue weighted by Gasteiger charge is -2.23. The Morgan fingerprint density at radius 1 is 1.50 bits per heavy atom. The van der Waals surface area contributed by atoms with E-state index in [-0.39, 0.29) is 5.41 Å². The number of hydrogen-bond donors (Lipinski definition) is 3. The molecule has 18 heavy (non-hydrogen) atoms. The second-order valence-corrected chi connectivity index (χ2v) is 5.83. The Morgan fingerprint density at radius 2 is 2.28 bits per heavy atom. The molecule has 4 N–H and O–H groups in total. The SMILES string of the molecule is CC(C)(CCCNCC1CC=CCC1)C(N)=NO. The van der Waals surface area contributed by atoms with Crippen molar-refractivity contribution in [3.05, 3.63) is 12.2 Å². The average molecular weight is 253 g/mol. The van der Waals surface area contributed by atoms with Crippen LogP contribution in [0.25, 0.3) is 0 Å². The molecule has 1 aliphatic rings. The van der Waals surface area contributed by atoms with Gasteiger partial charge in [0.25, 0.3) is 0 Å². The third-order valence-corrected chi connectivity index (χ3v) is 3.77. The van der Waals surface area contributed by atoms with Gasteiger partial charge in [-0.1, -0.05) is 31.2 Å². The molecule has 1 unspecified atom stereocenters. The molecule has 0 aromatic rings. The zero-order chi connectivity index (χ0) is 13.4. The highest BCUT2D eigenvalue weighted by Gasteiger charge is 2.22. The molecule has 104 valence electrons. The van der Waals surface area contributed by atoms with E-state index in [1.807, 2.05) is 13.8 Å². The van der Waals surface area contributed by atoms with Crippen molar-refractivity contribution in [3.8, 4) is 0 Å². The van der Waals surface area contributed by atoms with Crippen molar-refractivity contribution in [1.82, 2.24) is 5.32 Å². The number of amidine groups is 1. The lowest BCUT2D eigenvalue weighted by Crippen LogP contribution is -2.33. The first-order chi connectivity index (χ1) is 8.56. The van der Waals surface area contributed by atoms with Gasteiger partial charge in [-0.15, -0.1) is 0 Å². The number of rotatable bonds is 7. The van der Waals surface area contributed by atoms with Crippen LogP contribution in [-0.2, 0) is 0 Å². The highest BCUT2D eigenvalue weighted by Crippen LogP contribution is 2.22. The first-order valence-electron chi connectivity index (χ1n) is 6.90. The van der Waals surface area contributed by atoms with Gasteiger partial charge in [0.05, 0.1) is 0 Å². The van der Waals surface area contributed by atoms with Crippen LogP contribution >= 0.6 is 0 Å². The minimum atomic E-state index is -0.218. The fraction of sp³-hybridized carbons (Fsp3) is 0.786. The molecule has 0 radical (unpaired) electrons. The quantitative estimate of drug-likeness (QED) is 0.163. The van der Waals surface area contributed by atoms with E-state index in [0.29, 0.717) is 5.84 Å². The molecular weight excluding hydrogens is 226 g/mol. The summed E-state index contributed by atoms with van der Waals surface area (Å²) < 4.78 is 0. The van der Waals surface area contributed by atoms with Gasteiger partial charge in [-0.05, 0) is 51.1 Å². The van der Waals surface area contributed by atoms with E-state index in [9.17, 15) is 0 Å². The molecule has 0 saturated carbocycles. The minimum absolute atomic E-state index is 0.218. The van der Waals surface area contributed by atoms with Gasteiger partial charge >= 0.3 is 0 Å². The fourth-order valence-electron chi connectivity index (χ4n) is 2.27. The lowest BCUT2D eigenvalue weighted by atomic mass is 9.86. The molecular formula is C14H27N3O. The van der Waals surface area contributed by atoms with E-state index in [1.165, 1.54) is 19.3 Å². The number of oxime groups is 1. The Kier molecular flexibility index (Phi) is 6.19. The highest BCUT2D eigenvalue weighted by atomic mass is 16.4. The monoisotopic (exact) mass is 253 g/mol. The van der Waals surface area contributed by atoms with E-state index in [0.717, 1.165) is 31.8 Å². The van der Waals surface area contributed by atoms with Crippen LogP contribution in [0.5, 0.6) is 0 Å². The van der Waals surface area contributed by atoms with Gasteiger partial charge in [0, 0.05) is 5.41 Å². The van der Waals surface area contributed by atoms with Gasteiger partial charge < -0.3 is 16.3 Å². The molecule has 0 heterocycles. The first-order valence-corrected chi connectivity index (χ1v) is 6.90. The molecule has 0 saturated heterocycles. The van der Waals surface area contributed by atoms with E-state index in [4.69, 9.17) is 10.9 Å². The second-order valence-electron chi connectivity index (χ2n) is 5.83. The summed E-state index contributed by atoms with van der Waals surface area (Å²) in [6, 6.07) is 0. The number of hydrogen-bond acceptors (Lipinski definition) is 3. The highest BCUT2D eigenvalue weighted by molar-refractivity contribution is 5.85. The molecule has 0 spiro atoms. The lowest BCUT2D eigenvalue weighted by molar-refractivity contribution is 0.304. The standard InChI is InChI=1S/C14H27N3O/c1-14(2,13(15)17-18)9-6-10-16-11-12-7-4-3-5-8-12/h3-4,12,16,18H,5-11H2,1-2H3,(H2,15,17). The fourth-order valence-corrected chi connectivity index (χ4v) is 2.27. The zero-order valence-electron chi connectivity index (χ0n) is 11.7. The van der Waals surface area contributed by atoms with Gasteiger partial charge in [-0.3, -0.25) is 0 Å². The average Bonchev–Trinajstić information content (AvgIpc) is 2.38. The normalized spacial score (nSPS) is 21.2.